The second-order valence-electron chi connectivity index (χ2n) is 5.28. The van der Waals surface area contributed by atoms with Gasteiger partial charge in [-0.15, -0.1) is 12.3 Å². The molecule has 0 radical (unpaired) electrons. The van der Waals surface area contributed by atoms with Crippen molar-refractivity contribution in [2.24, 2.45) is 5.92 Å². The Bertz CT molecular complexity index is 301. The molecule has 0 aromatic carbocycles. The second kappa shape index (κ2) is 5.92. The zero-order valence-electron chi connectivity index (χ0n) is 10.9. The minimum absolute atomic E-state index is 0.204. The van der Waals surface area contributed by atoms with Gasteiger partial charge >= 0.3 is 6.09 Å². The van der Waals surface area contributed by atoms with E-state index in [0.717, 1.165) is 0 Å². The monoisotopic (exact) mass is 239 g/mol. The van der Waals surface area contributed by atoms with Crippen molar-refractivity contribution in [3.05, 3.63) is 0 Å². The Labute approximate surface area is 103 Å². The minimum Gasteiger partial charge on any atom is -0.444 e. The number of terminal acetylenes is 1. The molecule has 0 aromatic heterocycles. The van der Waals surface area contributed by atoms with Gasteiger partial charge in [0, 0.05) is 25.4 Å². The number of carbonyl (C=O) groups is 1. The van der Waals surface area contributed by atoms with Crippen LogP contribution in [0.25, 0.3) is 0 Å². The third-order valence-electron chi connectivity index (χ3n) is 2.40. The lowest BCUT2D eigenvalue weighted by molar-refractivity contribution is 0.0234. The highest BCUT2D eigenvalue weighted by molar-refractivity contribution is 5.68. The maximum Gasteiger partial charge on any atom is 0.410 e. The zero-order valence-corrected chi connectivity index (χ0v) is 10.9. The lowest BCUT2D eigenvalue weighted by atomic mass is 10.1. The van der Waals surface area contributed by atoms with Gasteiger partial charge in [0.1, 0.15) is 5.60 Å². The molecule has 1 aliphatic heterocycles. The maximum absolute atomic E-state index is 11.9. The molecule has 0 spiro atoms. The minimum atomic E-state index is -0.466. The molecule has 0 bridgehead atoms. The van der Waals surface area contributed by atoms with Gasteiger partial charge in [0.25, 0.3) is 0 Å². The molecule has 0 aliphatic carbocycles. The maximum atomic E-state index is 11.9. The summed E-state index contributed by atoms with van der Waals surface area (Å²) in [5.74, 6) is 2.82. The van der Waals surface area contributed by atoms with Gasteiger partial charge in [-0.3, -0.25) is 0 Å². The van der Waals surface area contributed by atoms with E-state index in [1.807, 2.05) is 20.8 Å². The molecule has 1 amide bonds. The molecule has 4 nitrogen and oxygen atoms in total. The fourth-order valence-corrected chi connectivity index (χ4v) is 1.66. The molecule has 4 heteroatoms. The first-order valence-electron chi connectivity index (χ1n) is 5.91. The lowest BCUT2D eigenvalue weighted by Crippen LogP contribution is -2.39. The molecule has 1 fully saturated rings. The first-order chi connectivity index (χ1) is 7.92. The summed E-state index contributed by atoms with van der Waals surface area (Å²) in [6.45, 7) is 7.91. The van der Waals surface area contributed by atoms with Crippen LogP contribution >= 0.6 is 0 Å². The van der Waals surface area contributed by atoms with Crippen molar-refractivity contribution in [1.82, 2.24) is 4.90 Å². The quantitative estimate of drug-likeness (QED) is 0.656. The van der Waals surface area contributed by atoms with Gasteiger partial charge in [0.15, 0.2) is 0 Å². The molecule has 1 unspecified atom stereocenters. The predicted molar refractivity (Wildman–Crippen MR) is 65.6 cm³/mol. The van der Waals surface area contributed by atoms with Gasteiger partial charge < -0.3 is 14.4 Å². The number of carbonyl (C=O) groups excluding carboxylic acids is 1. The summed E-state index contributed by atoms with van der Waals surface area (Å²) in [4.78, 5) is 13.6. The number of ether oxygens (including phenoxy) is 2. The van der Waals surface area contributed by atoms with Crippen LogP contribution in [0.15, 0.2) is 0 Å². The van der Waals surface area contributed by atoms with E-state index >= 15 is 0 Å². The summed E-state index contributed by atoms with van der Waals surface area (Å²) in [6.07, 6.45) is 5.63. The van der Waals surface area contributed by atoms with Gasteiger partial charge in [-0.1, -0.05) is 0 Å². The highest BCUT2D eigenvalue weighted by Gasteiger charge is 2.26. The molecular weight excluding hydrogens is 218 g/mol. The summed E-state index contributed by atoms with van der Waals surface area (Å²) in [7, 11) is 0. The molecule has 1 rings (SSSR count). The van der Waals surface area contributed by atoms with E-state index in [1.54, 1.807) is 4.90 Å². The first-order valence-corrected chi connectivity index (χ1v) is 5.91. The van der Waals surface area contributed by atoms with Crippen molar-refractivity contribution in [3.63, 3.8) is 0 Å². The first kappa shape index (κ1) is 13.9. The summed E-state index contributed by atoms with van der Waals surface area (Å²) in [5.41, 5.74) is -0.466. The summed E-state index contributed by atoms with van der Waals surface area (Å²) < 4.78 is 10.8. The normalized spacial score (nSPS) is 21.5. The van der Waals surface area contributed by atoms with Crippen molar-refractivity contribution in [2.75, 3.05) is 26.3 Å². The molecule has 0 saturated carbocycles. The van der Waals surface area contributed by atoms with E-state index in [9.17, 15) is 4.79 Å². The third-order valence-corrected chi connectivity index (χ3v) is 2.40. The Kier molecular flexibility index (Phi) is 4.83. The average molecular weight is 239 g/mol. The van der Waals surface area contributed by atoms with Crippen LogP contribution in [0, 0.1) is 18.3 Å². The molecule has 0 N–H and O–H groups in total. The third kappa shape index (κ3) is 5.10. The summed E-state index contributed by atoms with van der Waals surface area (Å²) in [5, 5.41) is 0. The van der Waals surface area contributed by atoms with Crippen molar-refractivity contribution in [3.8, 4) is 12.3 Å². The van der Waals surface area contributed by atoms with Crippen molar-refractivity contribution in [2.45, 2.75) is 32.8 Å². The molecule has 1 aliphatic rings. The van der Waals surface area contributed by atoms with Crippen LogP contribution in [0.1, 0.15) is 27.2 Å². The Morgan fingerprint density at radius 1 is 1.59 bits per heavy atom. The van der Waals surface area contributed by atoms with Crippen molar-refractivity contribution in [1.29, 1.82) is 0 Å². The summed E-state index contributed by atoms with van der Waals surface area (Å²) >= 11 is 0. The van der Waals surface area contributed by atoms with E-state index < -0.39 is 5.60 Å². The highest BCUT2D eigenvalue weighted by Crippen LogP contribution is 2.15. The van der Waals surface area contributed by atoms with E-state index in [4.69, 9.17) is 15.9 Å². The van der Waals surface area contributed by atoms with Crippen LogP contribution in [-0.4, -0.2) is 42.9 Å². The fraction of sp³-hybridized carbons (Fsp3) is 0.769. The Hall–Kier alpha value is -1.21. The van der Waals surface area contributed by atoms with Crippen LogP contribution in [0.4, 0.5) is 4.79 Å². The van der Waals surface area contributed by atoms with Crippen LogP contribution in [0.5, 0.6) is 0 Å². The average Bonchev–Trinajstić information content (AvgIpc) is 2.41. The lowest BCUT2D eigenvalue weighted by Gasteiger charge is -2.27. The van der Waals surface area contributed by atoms with E-state index in [0.29, 0.717) is 32.7 Å². The van der Waals surface area contributed by atoms with Gasteiger partial charge in [-0.05, 0) is 20.8 Å². The fourth-order valence-electron chi connectivity index (χ4n) is 1.66. The topological polar surface area (TPSA) is 38.8 Å². The van der Waals surface area contributed by atoms with Crippen LogP contribution < -0.4 is 0 Å². The van der Waals surface area contributed by atoms with Gasteiger partial charge in [-0.25, -0.2) is 4.79 Å². The molecule has 1 atom stereocenters. The second-order valence-corrected chi connectivity index (χ2v) is 5.28. The molecule has 1 saturated heterocycles. The Morgan fingerprint density at radius 2 is 2.29 bits per heavy atom. The van der Waals surface area contributed by atoms with E-state index in [1.165, 1.54) is 0 Å². The molecule has 96 valence electrons. The standard InChI is InChI=1S/C13H21NO3/c1-5-6-11-9-14(7-8-16-10-11)12(15)17-13(2,3)4/h1,11H,6-10H2,2-4H3. The van der Waals surface area contributed by atoms with E-state index in [2.05, 4.69) is 5.92 Å². The highest BCUT2D eigenvalue weighted by atomic mass is 16.6. The number of hydrogen-bond donors (Lipinski definition) is 0. The molecule has 1 heterocycles. The smallest absolute Gasteiger partial charge is 0.410 e. The predicted octanol–water partition coefficient (Wildman–Crippen LogP) is 1.89. The van der Waals surface area contributed by atoms with Gasteiger partial charge in [0.05, 0.1) is 13.2 Å². The molecule has 17 heavy (non-hydrogen) atoms. The molecular formula is C13H21NO3. The van der Waals surface area contributed by atoms with E-state index in [-0.39, 0.29) is 12.0 Å². The van der Waals surface area contributed by atoms with Crippen LogP contribution in [-0.2, 0) is 9.47 Å². The Morgan fingerprint density at radius 3 is 2.88 bits per heavy atom. The van der Waals surface area contributed by atoms with Crippen LogP contribution in [0.3, 0.4) is 0 Å². The van der Waals surface area contributed by atoms with Crippen molar-refractivity contribution < 1.29 is 14.3 Å². The number of amides is 1. The van der Waals surface area contributed by atoms with Gasteiger partial charge in [0.2, 0.25) is 0 Å². The molecule has 0 aromatic rings. The zero-order chi connectivity index (χ0) is 12.9. The Balaban J connectivity index is 2.56. The van der Waals surface area contributed by atoms with Crippen LogP contribution in [0.2, 0.25) is 0 Å². The van der Waals surface area contributed by atoms with Crippen molar-refractivity contribution >= 4 is 6.09 Å². The van der Waals surface area contributed by atoms with Gasteiger partial charge in [-0.2, -0.15) is 0 Å². The number of nitrogens with zero attached hydrogens (tertiary/aromatic N) is 1. The summed E-state index contributed by atoms with van der Waals surface area (Å²) in [6, 6.07) is 0. The SMILES string of the molecule is C#CCC1COCCN(C(=O)OC(C)(C)C)C1. The largest absolute Gasteiger partial charge is 0.444 e. The number of rotatable bonds is 1. The number of hydrogen-bond acceptors (Lipinski definition) is 3.